The smallest absolute Gasteiger partial charge is 0.0469 e. The molecular formula is C15H25NO. The van der Waals surface area contributed by atoms with Crippen LogP contribution in [-0.4, -0.2) is 19.8 Å². The first-order valence-corrected chi connectivity index (χ1v) is 6.68. The van der Waals surface area contributed by atoms with Gasteiger partial charge in [0.2, 0.25) is 0 Å². The minimum Gasteiger partial charge on any atom is -0.381 e. The normalized spacial score (nSPS) is 12.6. The highest BCUT2D eigenvalue weighted by atomic mass is 16.5. The molecule has 0 aliphatic rings. The fourth-order valence-electron chi connectivity index (χ4n) is 1.85. The van der Waals surface area contributed by atoms with Gasteiger partial charge in [-0.2, -0.15) is 0 Å². The van der Waals surface area contributed by atoms with Gasteiger partial charge in [0.1, 0.15) is 0 Å². The van der Waals surface area contributed by atoms with Crippen LogP contribution in [0, 0.1) is 5.92 Å². The zero-order chi connectivity index (χ0) is 12.3. The molecule has 0 amide bonds. The van der Waals surface area contributed by atoms with E-state index in [-0.39, 0.29) is 0 Å². The summed E-state index contributed by atoms with van der Waals surface area (Å²) >= 11 is 0. The standard InChI is InChI=1S/C15H25NO/c1-2-3-10-17-11-9-15(13-16)12-14-7-5-4-6-8-14/h4-8,15H,2-3,9-13,16H2,1H3. The van der Waals surface area contributed by atoms with Crippen molar-refractivity contribution < 1.29 is 4.74 Å². The molecule has 1 aromatic carbocycles. The Morgan fingerprint density at radius 3 is 2.59 bits per heavy atom. The molecule has 0 bridgehead atoms. The monoisotopic (exact) mass is 235 g/mol. The van der Waals surface area contributed by atoms with E-state index < -0.39 is 0 Å². The molecule has 1 aromatic rings. The molecule has 17 heavy (non-hydrogen) atoms. The van der Waals surface area contributed by atoms with Gasteiger partial charge in [0.05, 0.1) is 0 Å². The Morgan fingerprint density at radius 2 is 1.94 bits per heavy atom. The number of hydrogen-bond acceptors (Lipinski definition) is 2. The molecule has 0 spiro atoms. The van der Waals surface area contributed by atoms with E-state index in [1.807, 2.05) is 0 Å². The summed E-state index contributed by atoms with van der Waals surface area (Å²) in [5.74, 6) is 0.541. The van der Waals surface area contributed by atoms with Gasteiger partial charge >= 0.3 is 0 Å². The van der Waals surface area contributed by atoms with Crippen LogP contribution in [0.4, 0.5) is 0 Å². The van der Waals surface area contributed by atoms with Crippen molar-refractivity contribution in [2.75, 3.05) is 19.8 Å². The predicted molar refractivity (Wildman–Crippen MR) is 73.0 cm³/mol. The van der Waals surface area contributed by atoms with Gasteiger partial charge in [-0.15, -0.1) is 0 Å². The molecule has 96 valence electrons. The van der Waals surface area contributed by atoms with Gasteiger partial charge in [0.25, 0.3) is 0 Å². The molecule has 0 aromatic heterocycles. The van der Waals surface area contributed by atoms with E-state index in [1.54, 1.807) is 0 Å². The van der Waals surface area contributed by atoms with Crippen LogP contribution < -0.4 is 5.73 Å². The maximum atomic E-state index is 5.81. The SMILES string of the molecule is CCCCOCCC(CN)Cc1ccccc1. The maximum Gasteiger partial charge on any atom is 0.0469 e. The second kappa shape index (κ2) is 9.20. The van der Waals surface area contributed by atoms with Crippen LogP contribution in [-0.2, 0) is 11.2 Å². The highest BCUT2D eigenvalue weighted by molar-refractivity contribution is 5.15. The number of hydrogen-bond donors (Lipinski definition) is 1. The van der Waals surface area contributed by atoms with Gasteiger partial charge < -0.3 is 10.5 Å². The molecule has 1 atom stereocenters. The summed E-state index contributed by atoms with van der Waals surface area (Å²) in [6, 6.07) is 10.6. The fourth-order valence-corrected chi connectivity index (χ4v) is 1.85. The largest absolute Gasteiger partial charge is 0.381 e. The lowest BCUT2D eigenvalue weighted by Gasteiger charge is -2.14. The molecule has 0 heterocycles. The van der Waals surface area contributed by atoms with Gasteiger partial charge in [-0.25, -0.2) is 0 Å². The summed E-state index contributed by atoms with van der Waals surface area (Å²) in [4.78, 5) is 0. The highest BCUT2D eigenvalue weighted by Gasteiger charge is 2.07. The molecule has 2 nitrogen and oxygen atoms in total. The average molecular weight is 235 g/mol. The fraction of sp³-hybridized carbons (Fsp3) is 0.600. The van der Waals surface area contributed by atoms with E-state index in [2.05, 4.69) is 37.3 Å². The highest BCUT2D eigenvalue weighted by Crippen LogP contribution is 2.11. The van der Waals surface area contributed by atoms with E-state index in [9.17, 15) is 0 Å². The predicted octanol–water partition coefficient (Wildman–Crippen LogP) is 3.01. The number of unbranched alkanes of at least 4 members (excludes halogenated alkanes) is 1. The van der Waals surface area contributed by atoms with Crippen molar-refractivity contribution in [3.05, 3.63) is 35.9 Å². The zero-order valence-electron chi connectivity index (χ0n) is 10.9. The van der Waals surface area contributed by atoms with Crippen LogP contribution in [0.2, 0.25) is 0 Å². The lowest BCUT2D eigenvalue weighted by atomic mass is 9.97. The second-order valence-electron chi connectivity index (χ2n) is 4.55. The number of benzene rings is 1. The number of rotatable bonds is 9. The van der Waals surface area contributed by atoms with Crippen LogP contribution in [0.1, 0.15) is 31.7 Å². The van der Waals surface area contributed by atoms with Crippen LogP contribution in [0.25, 0.3) is 0 Å². The third kappa shape index (κ3) is 6.44. The molecule has 0 aliphatic heterocycles. The summed E-state index contributed by atoms with van der Waals surface area (Å²) in [6.07, 6.45) is 4.49. The Bertz CT molecular complexity index is 274. The first-order chi connectivity index (χ1) is 8.36. The molecule has 1 unspecified atom stereocenters. The van der Waals surface area contributed by atoms with Crippen LogP contribution in [0.15, 0.2) is 30.3 Å². The Hall–Kier alpha value is -0.860. The minimum atomic E-state index is 0.541. The van der Waals surface area contributed by atoms with E-state index >= 15 is 0 Å². The van der Waals surface area contributed by atoms with Gasteiger partial charge in [-0.05, 0) is 37.3 Å². The van der Waals surface area contributed by atoms with E-state index in [0.717, 1.165) is 39.0 Å². The lowest BCUT2D eigenvalue weighted by Crippen LogP contribution is -2.19. The van der Waals surface area contributed by atoms with Crippen molar-refractivity contribution in [3.63, 3.8) is 0 Å². The maximum absolute atomic E-state index is 5.81. The molecule has 0 aliphatic carbocycles. The first-order valence-electron chi connectivity index (χ1n) is 6.68. The van der Waals surface area contributed by atoms with E-state index in [0.29, 0.717) is 5.92 Å². The second-order valence-corrected chi connectivity index (χ2v) is 4.55. The molecule has 2 N–H and O–H groups in total. The van der Waals surface area contributed by atoms with Gasteiger partial charge in [0.15, 0.2) is 0 Å². The number of ether oxygens (including phenoxy) is 1. The zero-order valence-corrected chi connectivity index (χ0v) is 10.9. The van der Waals surface area contributed by atoms with Crippen LogP contribution >= 0.6 is 0 Å². The minimum absolute atomic E-state index is 0.541. The van der Waals surface area contributed by atoms with Gasteiger partial charge in [-0.3, -0.25) is 0 Å². The van der Waals surface area contributed by atoms with Crippen molar-refractivity contribution in [2.24, 2.45) is 11.7 Å². The summed E-state index contributed by atoms with van der Waals surface area (Å²) in [7, 11) is 0. The van der Waals surface area contributed by atoms with E-state index in [4.69, 9.17) is 10.5 Å². The number of nitrogens with two attached hydrogens (primary N) is 1. The lowest BCUT2D eigenvalue weighted by molar-refractivity contribution is 0.118. The van der Waals surface area contributed by atoms with Crippen molar-refractivity contribution >= 4 is 0 Å². The summed E-state index contributed by atoms with van der Waals surface area (Å²) in [5.41, 5.74) is 7.18. The average Bonchev–Trinajstić information content (AvgIpc) is 2.38. The molecule has 0 fully saturated rings. The molecule has 1 rings (SSSR count). The van der Waals surface area contributed by atoms with Crippen LogP contribution in [0.5, 0.6) is 0 Å². The Balaban J connectivity index is 2.20. The Morgan fingerprint density at radius 1 is 1.18 bits per heavy atom. The summed E-state index contributed by atoms with van der Waals surface area (Å²) in [6.45, 7) is 4.65. The van der Waals surface area contributed by atoms with Gasteiger partial charge in [-0.1, -0.05) is 43.7 Å². The third-order valence-electron chi connectivity index (χ3n) is 3.01. The Labute approximate surface area is 105 Å². The van der Waals surface area contributed by atoms with Crippen molar-refractivity contribution in [1.82, 2.24) is 0 Å². The molecular weight excluding hydrogens is 210 g/mol. The first kappa shape index (κ1) is 14.2. The molecule has 0 saturated heterocycles. The van der Waals surface area contributed by atoms with Crippen molar-refractivity contribution in [2.45, 2.75) is 32.6 Å². The quantitative estimate of drug-likeness (QED) is 0.668. The van der Waals surface area contributed by atoms with Crippen LogP contribution in [0.3, 0.4) is 0 Å². The third-order valence-corrected chi connectivity index (χ3v) is 3.01. The molecule has 2 heteroatoms. The summed E-state index contributed by atoms with van der Waals surface area (Å²) in [5, 5.41) is 0. The topological polar surface area (TPSA) is 35.2 Å². The van der Waals surface area contributed by atoms with Gasteiger partial charge in [0, 0.05) is 13.2 Å². The Kier molecular flexibility index (Phi) is 7.69. The van der Waals surface area contributed by atoms with Crippen molar-refractivity contribution in [1.29, 1.82) is 0 Å². The van der Waals surface area contributed by atoms with E-state index in [1.165, 1.54) is 12.0 Å². The summed E-state index contributed by atoms with van der Waals surface area (Å²) < 4.78 is 5.59. The molecule has 0 saturated carbocycles. The van der Waals surface area contributed by atoms with Crippen molar-refractivity contribution in [3.8, 4) is 0 Å². The molecule has 0 radical (unpaired) electrons.